The average molecular weight is 271 g/mol. The van der Waals surface area contributed by atoms with Gasteiger partial charge in [0.2, 0.25) is 0 Å². The monoisotopic (exact) mass is 271 g/mol. The zero-order chi connectivity index (χ0) is 14.3. The largest absolute Gasteiger partial charge is 0.545 e. The quantitative estimate of drug-likeness (QED) is 0.656. The summed E-state index contributed by atoms with van der Waals surface area (Å²) in [5.41, 5.74) is 0. The zero-order valence-electron chi connectivity index (χ0n) is 12.3. The number of carbonyl (C=O) groups is 1. The van der Waals surface area contributed by atoms with Gasteiger partial charge in [-0.05, 0) is 30.6 Å². The first-order chi connectivity index (χ1) is 8.29. The van der Waals surface area contributed by atoms with Gasteiger partial charge in [0.1, 0.15) is 0 Å². The molecule has 3 nitrogen and oxygen atoms in total. The van der Waals surface area contributed by atoms with Crippen LogP contribution in [0.3, 0.4) is 0 Å². The van der Waals surface area contributed by atoms with Gasteiger partial charge in [-0.1, -0.05) is 40.8 Å². The van der Waals surface area contributed by atoms with Gasteiger partial charge in [0.15, 0.2) is 0 Å². The first kappa shape index (κ1) is 17.4. The predicted octanol–water partition coefficient (Wildman–Crippen LogP) is 2.85. The van der Waals surface area contributed by atoms with Crippen molar-refractivity contribution in [3.05, 3.63) is 0 Å². The van der Waals surface area contributed by atoms with Gasteiger partial charge in [-0.2, -0.15) is 0 Å². The molecule has 1 N–H and O–H groups in total. The van der Waals surface area contributed by atoms with Gasteiger partial charge in [-0.25, -0.2) is 0 Å². The van der Waals surface area contributed by atoms with E-state index < -0.39 is 11.9 Å². The minimum Gasteiger partial charge on any atom is -0.545 e. The highest BCUT2D eigenvalue weighted by atomic mass is 28.2. The lowest BCUT2D eigenvalue weighted by molar-refractivity contribution is -0.147. The normalized spacial score (nSPS) is 16.4. The van der Waals surface area contributed by atoms with Crippen LogP contribution in [0.1, 0.15) is 47.5 Å². The Morgan fingerprint density at radius 3 is 2.11 bits per heavy atom. The smallest absolute Gasteiger partial charge is 0.310 e. The fraction of sp³-hybridized carbons (Fsp3) is 0.857. The molecular formula is C14H27O3Si. The molecule has 0 aliphatic carbocycles. The van der Waals surface area contributed by atoms with E-state index in [0.29, 0.717) is 11.8 Å². The van der Waals surface area contributed by atoms with E-state index in [9.17, 15) is 9.90 Å². The Hall–Kier alpha value is -0.643. The summed E-state index contributed by atoms with van der Waals surface area (Å²) in [6.45, 7) is 10.4. The summed E-state index contributed by atoms with van der Waals surface area (Å²) in [6, 6.07) is 0. The van der Waals surface area contributed by atoms with E-state index in [1.165, 1.54) is 0 Å². The van der Waals surface area contributed by atoms with Crippen LogP contribution in [0.2, 0.25) is 0 Å². The van der Waals surface area contributed by atoms with Crippen LogP contribution < -0.4 is 0 Å². The van der Waals surface area contributed by atoms with Gasteiger partial charge in [0.25, 0.3) is 9.38 Å². The summed E-state index contributed by atoms with van der Waals surface area (Å²) in [5.74, 6) is -0.00825. The number of hydrogen-bond donors (Lipinski definition) is 1. The molecule has 0 fully saturated rings. The van der Waals surface area contributed by atoms with E-state index in [-0.39, 0.29) is 21.4 Å². The van der Waals surface area contributed by atoms with Crippen molar-refractivity contribution >= 4 is 21.5 Å². The van der Waals surface area contributed by atoms with Gasteiger partial charge in [-0.15, -0.1) is 0 Å². The Balaban J connectivity index is 4.71. The Labute approximate surface area is 113 Å². The topological polar surface area (TPSA) is 46.5 Å². The maximum atomic E-state index is 11.4. The van der Waals surface area contributed by atoms with Crippen molar-refractivity contribution in [1.29, 1.82) is 0 Å². The SMILES string of the molecule is C=[Si]OC(CC(C)CC(C)C)C(C(=O)O)C(C)C. The standard InChI is InChI=1S/C14H27O3Si/c1-9(2)7-11(5)8-12(17-18-6)13(10(3)4)14(15)16/h9-13H,6-8H2,1-5H3,(H,15,16). The molecule has 4 heteroatoms. The first-order valence-corrected chi connectivity index (χ1v) is 7.81. The van der Waals surface area contributed by atoms with Crippen molar-refractivity contribution in [2.24, 2.45) is 23.7 Å². The molecule has 0 rings (SSSR count). The van der Waals surface area contributed by atoms with Crippen molar-refractivity contribution in [1.82, 2.24) is 0 Å². The molecule has 0 aromatic heterocycles. The lowest BCUT2D eigenvalue weighted by atomic mass is 9.84. The lowest BCUT2D eigenvalue weighted by Gasteiger charge is -2.29. The second kappa shape index (κ2) is 8.46. The summed E-state index contributed by atoms with van der Waals surface area (Å²) in [7, 11) is 0.0984. The number of carboxylic acid groups (broad SMARTS) is 1. The van der Waals surface area contributed by atoms with E-state index in [0.717, 1.165) is 12.8 Å². The summed E-state index contributed by atoms with van der Waals surface area (Å²) in [6.07, 6.45) is 5.39. The first-order valence-electron chi connectivity index (χ1n) is 6.70. The Morgan fingerprint density at radius 2 is 1.78 bits per heavy atom. The predicted molar refractivity (Wildman–Crippen MR) is 76.9 cm³/mol. The van der Waals surface area contributed by atoms with Gasteiger partial charge >= 0.3 is 5.97 Å². The van der Waals surface area contributed by atoms with E-state index in [1.54, 1.807) is 0 Å². The van der Waals surface area contributed by atoms with Crippen LogP contribution >= 0.6 is 0 Å². The number of aliphatic carboxylic acids is 1. The van der Waals surface area contributed by atoms with Crippen LogP contribution in [-0.2, 0) is 9.22 Å². The van der Waals surface area contributed by atoms with Crippen molar-refractivity contribution in [3.63, 3.8) is 0 Å². The van der Waals surface area contributed by atoms with Crippen molar-refractivity contribution in [2.75, 3.05) is 0 Å². The van der Waals surface area contributed by atoms with Gasteiger partial charge in [-0.3, -0.25) is 4.79 Å². The molecule has 0 aliphatic rings. The Bertz CT molecular complexity index is 264. The van der Waals surface area contributed by atoms with Crippen LogP contribution in [0.25, 0.3) is 0 Å². The molecule has 0 amide bonds. The van der Waals surface area contributed by atoms with Gasteiger partial charge < -0.3 is 9.53 Å². The van der Waals surface area contributed by atoms with E-state index in [4.69, 9.17) is 4.43 Å². The molecule has 0 saturated carbocycles. The van der Waals surface area contributed by atoms with Crippen LogP contribution in [0.15, 0.2) is 0 Å². The van der Waals surface area contributed by atoms with Gasteiger partial charge in [0, 0.05) is 0 Å². The molecule has 0 aromatic carbocycles. The summed E-state index contributed by atoms with van der Waals surface area (Å²) >= 11 is 0. The second-order valence-electron chi connectivity index (χ2n) is 5.88. The summed E-state index contributed by atoms with van der Waals surface area (Å²) in [5, 5.41) is 9.34. The van der Waals surface area contributed by atoms with Gasteiger partial charge in [0.05, 0.1) is 12.0 Å². The third-order valence-corrected chi connectivity index (χ3v) is 3.62. The zero-order valence-corrected chi connectivity index (χ0v) is 13.3. The minimum atomic E-state index is -0.759. The van der Waals surface area contributed by atoms with E-state index >= 15 is 0 Å². The van der Waals surface area contributed by atoms with Crippen molar-refractivity contribution in [3.8, 4) is 0 Å². The molecule has 0 spiro atoms. The number of carboxylic acids is 1. The van der Waals surface area contributed by atoms with Crippen LogP contribution in [0, 0.1) is 23.7 Å². The van der Waals surface area contributed by atoms with Crippen LogP contribution in [0.4, 0.5) is 0 Å². The Kier molecular flexibility index (Phi) is 8.16. The molecule has 0 heterocycles. The highest BCUT2D eigenvalue weighted by Gasteiger charge is 2.32. The van der Waals surface area contributed by atoms with E-state index in [1.807, 2.05) is 13.8 Å². The highest BCUT2D eigenvalue weighted by molar-refractivity contribution is 6.33. The third kappa shape index (κ3) is 6.33. The Morgan fingerprint density at radius 1 is 1.22 bits per heavy atom. The number of rotatable bonds is 9. The molecule has 0 saturated heterocycles. The summed E-state index contributed by atoms with van der Waals surface area (Å²) in [4.78, 5) is 11.4. The fourth-order valence-electron chi connectivity index (χ4n) is 2.55. The summed E-state index contributed by atoms with van der Waals surface area (Å²) < 4.78 is 5.61. The molecule has 0 bridgehead atoms. The highest BCUT2D eigenvalue weighted by Crippen LogP contribution is 2.26. The van der Waals surface area contributed by atoms with Crippen molar-refractivity contribution < 1.29 is 14.3 Å². The average Bonchev–Trinajstić information content (AvgIpc) is 2.14. The van der Waals surface area contributed by atoms with E-state index in [2.05, 4.69) is 26.9 Å². The lowest BCUT2D eigenvalue weighted by Crippen LogP contribution is -2.36. The van der Waals surface area contributed by atoms with Crippen molar-refractivity contribution in [2.45, 2.75) is 53.6 Å². The molecule has 0 aromatic rings. The number of hydrogen-bond acceptors (Lipinski definition) is 2. The molecular weight excluding hydrogens is 244 g/mol. The fourth-order valence-corrected chi connectivity index (χ4v) is 3.00. The minimum absolute atomic E-state index is 0.0788. The molecule has 0 aliphatic heterocycles. The maximum absolute atomic E-state index is 11.4. The third-order valence-electron chi connectivity index (χ3n) is 3.15. The molecule has 18 heavy (non-hydrogen) atoms. The molecule has 1 radical (unpaired) electrons. The molecule has 3 unspecified atom stereocenters. The van der Waals surface area contributed by atoms with Crippen LogP contribution in [-0.4, -0.2) is 32.7 Å². The van der Waals surface area contributed by atoms with Crippen LogP contribution in [0.5, 0.6) is 0 Å². The second-order valence-corrected chi connectivity index (χ2v) is 6.40. The molecule has 105 valence electrons. The maximum Gasteiger partial charge on any atom is 0.310 e. The molecule has 3 atom stereocenters.